The van der Waals surface area contributed by atoms with Gasteiger partial charge in [0.2, 0.25) is 17.7 Å². The Balaban J connectivity index is 3.30. The quantitative estimate of drug-likeness (QED) is 0.0734. The first kappa shape index (κ1) is 40.7. The van der Waals surface area contributed by atoms with Crippen LogP contribution in [0.15, 0.2) is 0 Å². The number of rotatable bonds is 30. The van der Waals surface area contributed by atoms with E-state index in [1.165, 1.54) is 96.3 Å². The molecule has 0 unspecified atom stereocenters. The molecule has 3 amide bonds. The van der Waals surface area contributed by atoms with E-state index in [1.807, 2.05) is 0 Å². The molecule has 1 aromatic rings. The molecule has 0 aliphatic heterocycles. The highest BCUT2D eigenvalue weighted by atomic mass is 16.2. The lowest BCUT2D eigenvalue weighted by molar-refractivity contribution is 0.0998. The molecule has 6 N–H and O–H groups in total. The third kappa shape index (κ3) is 16.1. The molecule has 1 aromatic carbocycles. The zero-order valence-electron chi connectivity index (χ0n) is 29.5. The Morgan fingerprint density at radius 3 is 0.689 bits per heavy atom. The molecule has 0 radical (unpaired) electrons. The minimum Gasteiger partial charge on any atom is -0.366 e. The van der Waals surface area contributed by atoms with E-state index >= 15 is 0 Å². The van der Waals surface area contributed by atoms with Crippen LogP contribution in [0.3, 0.4) is 0 Å². The molecule has 6 nitrogen and oxygen atoms in total. The second-order valence-electron chi connectivity index (χ2n) is 13.3. The SMILES string of the molecule is CCCCCCCCCCc1c(C(N)=O)c(CCCCCCCCCC)c(C(N)=O)c(CCCCCCCCCC)c1C(N)=O. The predicted molar refractivity (Wildman–Crippen MR) is 191 cm³/mol. The molecule has 1 rings (SSSR count). The minimum atomic E-state index is -0.595. The number of carbonyl (C=O) groups is 3. The predicted octanol–water partition coefficient (Wildman–Crippen LogP) is 10.0. The fraction of sp³-hybridized carbons (Fsp3) is 0.769. The van der Waals surface area contributed by atoms with Crippen LogP contribution in [-0.4, -0.2) is 17.7 Å². The van der Waals surface area contributed by atoms with E-state index in [9.17, 15) is 14.4 Å². The van der Waals surface area contributed by atoms with Crippen molar-refractivity contribution in [3.8, 4) is 0 Å². The molecule has 0 fully saturated rings. The summed E-state index contributed by atoms with van der Waals surface area (Å²) in [4.78, 5) is 39.3. The van der Waals surface area contributed by atoms with Crippen LogP contribution in [0.1, 0.15) is 223 Å². The molecule has 0 heterocycles. The summed E-state index contributed by atoms with van der Waals surface area (Å²) in [5, 5.41) is 0. The zero-order chi connectivity index (χ0) is 33.3. The van der Waals surface area contributed by atoms with Crippen molar-refractivity contribution >= 4 is 17.7 Å². The largest absolute Gasteiger partial charge is 0.366 e. The summed E-state index contributed by atoms with van der Waals surface area (Å²) in [6.07, 6.45) is 29.3. The normalized spacial score (nSPS) is 11.3. The molecule has 45 heavy (non-hydrogen) atoms. The number of amides is 3. The Morgan fingerprint density at radius 2 is 0.511 bits per heavy atom. The number of primary amides is 3. The number of carbonyl (C=O) groups excluding carboxylic acids is 3. The van der Waals surface area contributed by atoms with E-state index in [0.717, 1.165) is 57.8 Å². The Kier molecular flexibility index (Phi) is 23.3. The first-order valence-electron chi connectivity index (χ1n) is 18.9. The Bertz CT molecular complexity index is 843. The summed E-state index contributed by atoms with van der Waals surface area (Å²) in [6.45, 7) is 6.67. The standard InChI is InChI=1S/C39H69N3O3/c1-4-7-10-13-16-19-22-25-28-31-34(37(40)43)32(29-26-23-20-17-14-11-8-5-2)36(39(42)45)33(35(31)38(41)44)30-27-24-21-18-15-12-9-6-3/h4-30H2,1-3H3,(H2,40,43)(H2,41,44)(H2,42,45). The highest BCUT2D eigenvalue weighted by molar-refractivity contribution is 6.09. The molecule has 0 atom stereocenters. The van der Waals surface area contributed by atoms with Gasteiger partial charge in [0.25, 0.3) is 0 Å². The lowest BCUT2D eigenvalue weighted by Crippen LogP contribution is -2.29. The average Bonchev–Trinajstić information content (AvgIpc) is 3.00. The molecule has 0 bridgehead atoms. The second-order valence-corrected chi connectivity index (χ2v) is 13.3. The Hall–Kier alpha value is -2.37. The van der Waals surface area contributed by atoms with Gasteiger partial charge in [-0.05, 0) is 55.2 Å². The van der Waals surface area contributed by atoms with Crippen LogP contribution in [0.4, 0.5) is 0 Å². The maximum Gasteiger partial charge on any atom is 0.249 e. The number of hydrogen-bond donors (Lipinski definition) is 3. The van der Waals surface area contributed by atoms with Crippen molar-refractivity contribution in [2.75, 3.05) is 0 Å². The molecular formula is C39H69N3O3. The van der Waals surface area contributed by atoms with Crippen LogP contribution in [-0.2, 0) is 19.3 Å². The molecule has 258 valence electrons. The number of hydrogen-bond acceptors (Lipinski definition) is 3. The van der Waals surface area contributed by atoms with Gasteiger partial charge >= 0.3 is 0 Å². The van der Waals surface area contributed by atoms with Gasteiger partial charge in [-0.1, -0.05) is 156 Å². The van der Waals surface area contributed by atoms with Gasteiger partial charge in [-0.25, -0.2) is 0 Å². The first-order valence-corrected chi connectivity index (χ1v) is 18.9. The summed E-state index contributed by atoms with van der Waals surface area (Å²) < 4.78 is 0. The summed E-state index contributed by atoms with van der Waals surface area (Å²) in [5.74, 6) is -1.78. The summed E-state index contributed by atoms with van der Waals surface area (Å²) in [7, 11) is 0. The highest BCUT2D eigenvalue weighted by Crippen LogP contribution is 2.33. The van der Waals surface area contributed by atoms with E-state index < -0.39 is 17.7 Å². The average molecular weight is 628 g/mol. The lowest BCUT2D eigenvalue weighted by Gasteiger charge is -2.24. The van der Waals surface area contributed by atoms with Gasteiger partial charge < -0.3 is 17.2 Å². The van der Waals surface area contributed by atoms with Crippen LogP contribution in [0.25, 0.3) is 0 Å². The zero-order valence-corrected chi connectivity index (χ0v) is 29.5. The van der Waals surface area contributed by atoms with Crippen LogP contribution in [0.2, 0.25) is 0 Å². The van der Waals surface area contributed by atoms with Crippen molar-refractivity contribution in [3.05, 3.63) is 33.4 Å². The van der Waals surface area contributed by atoms with Crippen molar-refractivity contribution in [3.63, 3.8) is 0 Å². The summed E-state index contributed by atoms with van der Waals surface area (Å²) in [6, 6.07) is 0. The van der Waals surface area contributed by atoms with Gasteiger partial charge in [-0.2, -0.15) is 0 Å². The fourth-order valence-electron chi connectivity index (χ4n) is 6.87. The van der Waals surface area contributed by atoms with Crippen molar-refractivity contribution in [1.82, 2.24) is 0 Å². The second kappa shape index (κ2) is 25.8. The highest BCUT2D eigenvalue weighted by Gasteiger charge is 2.30. The lowest BCUT2D eigenvalue weighted by atomic mass is 9.80. The van der Waals surface area contributed by atoms with Gasteiger partial charge in [0.05, 0.1) is 0 Å². The Labute approximate surface area is 276 Å². The number of unbranched alkanes of at least 4 members (excludes halogenated alkanes) is 21. The smallest absolute Gasteiger partial charge is 0.249 e. The van der Waals surface area contributed by atoms with Crippen molar-refractivity contribution in [2.24, 2.45) is 17.2 Å². The van der Waals surface area contributed by atoms with Crippen molar-refractivity contribution in [1.29, 1.82) is 0 Å². The Morgan fingerprint density at radius 1 is 0.333 bits per heavy atom. The maximum atomic E-state index is 13.1. The summed E-state index contributed by atoms with van der Waals surface area (Å²) >= 11 is 0. The first-order chi connectivity index (χ1) is 21.8. The minimum absolute atomic E-state index is 0.322. The molecule has 0 saturated carbocycles. The monoisotopic (exact) mass is 628 g/mol. The molecular weight excluding hydrogens is 558 g/mol. The summed E-state index contributed by atoms with van der Waals surface area (Å²) in [5.41, 5.74) is 21.1. The van der Waals surface area contributed by atoms with Crippen molar-refractivity contribution in [2.45, 2.75) is 194 Å². The topological polar surface area (TPSA) is 129 Å². The van der Waals surface area contributed by atoms with Crippen molar-refractivity contribution < 1.29 is 14.4 Å². The van der Waals surface area contributed by atoms with E-state index in [1.54, 1.807) is 0 Å². The van der Waals surface area contributed by atoms with Crippen LogP contribution in [0, 0.1) is 0 Å². The molecule has 0 spiro atoms. The third-order valence-corrected chi connectivity index (χ3v) is 9.39. The fourth-order valence-corrected chi connectivity index (χ4v) is 6.87. The maximum absolute atomic E-state index is 13.1. The van der Waals surface area contributed by atoms with E-state index in [0.29, 0.717) is 52.6 Å². The van der Waals surface area contributed by atoms with Crippen LogP contribution < -0.4 is 17.2 Å². The third-order valence-electron chi connectivity index (χ3n) is 9.39. The van der Waals surface area contributed by atoms with E-state index in [2.05, 4.69) is 20.8 Å². The molecule has 0 aliphatic rings. The van der Waals surface area contributed by atoms with Gasteiger partial charge in [0, 0.05) is 16.7 Å². The van der Waals surface area contributed by atoms with Crippen LogP contribution in [0.5, 0.6) is 0 Å². The van der Waals surface area contributed by atoms with E-state index in [4.69, 9.17) is 17.2 Å². The molecule has 0 saturated heterocycles. The number of benzene rings is 1. The van der Waals surface area contributed by atoms with Gasteiger partial charge in [-0.15, -0.1) is 0 Å². The van der Waals surface area contributed by atoms with Gasteiger partial charge in [-0.3, -0.25) is 14.4 Å². The van der Waals surface area contributed by atoms with E-state index in [-0.39, 0.29) is 0 Å². The molecule has 6 heteroatoms. The van der Waals surface area contributed by atoms with Gasteiger partial charge in [0.1, 0.15) is 0 Å². The van der Waals surface area contributed by atoms with Gasteiger partial charge in [0.15, 0.2) is 0 Å². The molecule has 0 aliphatic carbocycles. The van der Waals surface area contributed by atoms with Crippen LogP contribution >= 0.6 is 0 Å². The number of nitrogens with two attached hydrogens (primary N) is 3. The molecule has 0 aromatic heterocycles.